The lowest BCUT2D eigenvalue weighted by Crippen LogP contribution is -2.33. The second kappa shape index (κ2) is 6.21. The second-order valence-corrected chi connectivity index (χ2v) is 4.47. The van der Waals surface area contributed by atoms with Crippen molar-refractivity contribution in [2.75, 3.05) is 42.5 Å². The van der Waals surface area contributed by atoms with Crippen molar-refractivity contribution in [1.82, 2.24) is 14.9 Å². The van der Waals surface area contributed by atoms with E-state index in [1.54, 1.807) is 6.07 Å². The molecule has 7 heteroatoms. The molecule has 1 aliphatic heterocycles. The predicted molar refractivity (Wildman–Crippen MR) is 74.9 cm³/mol. The van der Waals surface area contributed by atoms with E-state index in [2.05, 4.69) is 20.6 Å². The van der Waals surface area contributed by atoms with Gasteiger partial charge in [-0.25, -0.2) is 0 Å². The van der Waals surface area contributed by atoms with E-state index < -0.39 is 0 Å². The van der Waals surface area contributed by atoms with Gasteiger partial charge in [0.1, 0.15) is 11.6 Å². The van der Waals surface area contributed by atoms with E-state index in [-0.39, 0.29) is 18.4 Å². The summed E-state index contributed by atoms with van der Waals surface area (Å²) >= 11 is 0. The first-order chi connectivity index (χ1) is 9.19. The molecule has 4 N–H and O–H groups in total. The van der Waals surface area contributed by atoms with Crippen LogP contribution in [-0.4, -0.2) is 47.0 Å². The van der Waals surface area contributed by atoms with Crippen LogP contribution in [-0.2, 0) is 4.79 Å². The Morgan fingerprint density at radius 2 is 1.95 bits per heavy atom. The standard InChI is InChI=1S/C12H20N6O/c1-2-14-9-7-10(17-12(13)16-9)15-8-11(19)18-5-3-4-6-18/h7H,2-6,8H2,1H3,(H4,13,14,15,16,17). The Morgan fingerprint density at radius 1 is 1.32 bits per heavy atom. The van der Waals surface area contributed by atoms with E-state index in [1.165, 1.54) is 0 Å². The van der Waals surface area contributed by atoms with Crippen LogP contribution in [0, 0.1) is 0 Å². The number of hydrogen-bond donors (Lipinski definition) is 3. The van der Waals surface area contributed by atoms with E-state index >= 15 is 0 Å². The Bertz CT molecular complexity index is 444. The van der Waals surface area contributed by atoms with Crippen molar-refractivity contribution < 1.29 is 4.79 Å². The normalized spacial score (nSPS) is 14.5. The largest absolute Gasteiger partial charge is 0.370 e. The van der Waals surface area contributed by atoms with Crippen molar-refractivity contribution in [3.63, 3.8) is 0 Å². The summed E-state index contributed by atoms with van der Waals surface area (Å²) in [4.78, 5) is 21.9. The molecule has 1 saturated heterocycles. The van der Waals surface area contributed by atoms with E-state index in [0.29, 0.717) is 11.6 Å². The maximum absolute atomic E-state index is 11.9. The third-order valence-corrected chi connectivity index (χ3v) is 2.98. The molecule has 0 unspecified atom stereocenters. The Labute approximate surface area is 112 Å². The molecular weight excluding hydrogens is 244 g/mol. The first-order valence-corrected chi connectivity index (χ1v) is 6.59. The molecule has 1 aromatic heterocycles. The van der Waals surface area contributed by atoms with Gasteiger partial charge in [-0.3, -0.25) is 4.79 Å². The van der Waals surface area contributed by atoms with Gasteiger partial charge in [0.05, 0.1) is 6.54 Å². The highest BCUT2D eigenvalue weighted by atomic mass is 16.2. The van der Waals surface area contributed by atoms with Crippen LogP contribution < -0.4 is 16.4 Å². The third-order valence-electron chi connectivity index (χ3n) is 2.98. The Morgan fingerprint density at radius 3 is 2.58 bits per heavy atom. The molecule has 0 saturated carbocycles. The minimum absolute atomic E-state index is 0.0969. The highest BCUT2D eigenvalue weighted by molar-refractivity contribution is 5.81. The van der Waals surface area contributed by atoms with Crippen molar-refractivity contribution in [2.45, 2.75) is 19.8 Å². The van der Waals surface area contributed by atoms with Gasteiger partial charge in [-0.05, 0) is 19.8 Å². The summed E-state index contributed by atoms with van der Waals surface area (Å²) in [6.45, 7) is 4.68. The molecule has 0 atom stereocenters. The molecule has 1 aromatic rings. The number of anilines is 3. The van der Waals surface area contributed by atoms with Gasteiger partial charge in [0.15, 0.2) is 0 Å². The lowest BCUT2D eigenvalue weighted by Gasteiger charge is -2.16. The molecule has 0 spiro atoms. The molecule has 2 rings (SSSR count). The number of nitrogens with zero attached hydrogens (tertiary/aromatic N) is 3. The molecule has 7 nitrogen and oxygen atoms in total. The number of rotatable bonds is 5. The van der Waals surface area contributed by atoms with Crippen molar-refractivity contribution in [3.05, 3.63) is 6.07 Å². The van der Waals surface area contributed by atoms with Crippen LogP contribution in [0.25, 0.3) is 0 Å². The molecule has 0 aromatic carbocycles. The lowest BCUT2D eigenvalue weighted by atomic mass is 10.4. The van der Waals surface area contributed by atoms with Crippen molar-refractivity contribution in [2.24, 2.45) is 0 Å². The summed E-state index contributed by atoms with van der Waals surface area (Å²) in [5, 5.41) is 6.06. The minimum Gasteiger partial charge on any atom is -0.370 e. The quantitative estimate of drug-likeness (QED) is 0.717. The maximum atomic E-state index is 11.9. The molecule has 1 amide bonds. The van der Waals surface area contributed by atoms with Crippen LogP contribution in [0.4, 0.5) is 17.6 Å². The first-order valence-electron chi connectivity index (χ1n) is 6.59. The minimum atomic E-state index is 0.0969. The van der Waals surface area contributed by atoms with Crippen molar-refractivity contribution >= 4 is 23.5 Å². The lowest BCUT2D eigenvalue weighted by molar-refractivity contribution is -0.128. The number of carbonyl (C=O) groups excluding carboxylic acids is 1. The van der Waals surface area contributed by atoms with Crippen LogP contribution in [0.2, 0.25) is 0 Å². The van der Waals surface area contributed by atoms with Gasteiger partial charge in [0.2, 0.25) is 11.9 Å². The van der Waals surface area contributed by atoms with Crippen LogP contribution in [0.15, 0.2) is 6.07 Å². The van der Waals surface area contributed by atoms with Gasteiger partial charge in [-0.2, -0.15) is 9.97 Å². The van der Waals surface area contributed by atoms with Gasteiger partial charge in [-0.15, -0.1) is 0 Å². The monoisotopic (exact) mass is 264 g/mol. The van der Waals surface area contributed by atoms with E-state index in [9.17, 15) is 4.79 Å². The topological polar surface area (TPSA) is 96.2 Å². The smallest absolute Gasteiger partial charge is 0.241 e. The molecule has 0 bridgehead atoms. The first kappa shape index (κ1) is 13.4. The van der Waals surface area contributed by atoms with Crippen LogP contribution in [0.3, 0.4) is 0 Å². The van der Waals surface area contributed by atoms with Crippen LogP contribution in [0.1, 0.15) is 19.8 Å². The number of nitrogens with one attached hydrogen (secondary N) is 2. The fourth-order valence-corrected chi connectivity index (χ4v) is 2.07. The number of hydrogen-bond acceptors (Lipinski definition) is 6. The number of carbonyl (C=O) groups is 1. The molecule has 2 heterocycles. The Kier molecular flexibility index (Phi) is 4.38. The molecule has 19 heavy (non-hydrogen) atoms. The molecular formula is C12H20N6O. The summed E-state index contributed by atoms with van der Waals surface area (Å²) in [6.07, 6.45) is 2.19. The predicted octanol–water partition coefficient (Wildman–Crippen LogP) is 0.525. The summed E-state index contributed by atoms with van der Waals surface area (Å²) in [7, 11) is 0. The number of likely N-dealkylation sites (tertiary alicyclic amines) is 1. The van der Waals surface area contributed by atoms with Gasteiger partial charge in [0, 0.05) is 25.7 Å². The van der Waals surface area contributed by atoms with Crippen LogP contribution >= 0.6 is 0 Å². The van der Waals surface area contributed by atoms with Gasteiger partial charge in [-0.1, -0.05) is 0 Å². The number of aromatic nitrogens is 2. The van der Waals surface area contributed by atoms with Crippen molar-refractivity contribution in [3.8, 4) is 0 Å². The fraction of sp³-hybridized carbons (Fsp3) is 0.583. The van der Waals surface area contributed by atoms with Gasteiger partial charge < -0.3 is 21.3 Å². The molecule has 0 aliphatic carbocycles. The zero-order valence-electron chi connectivity index (χ0n) is 11.1. The number of amides is 1. The molecule has 1 fully saturated rings. The molecule has 1 aliphatic rings. The zero-order chi connectivity index (χ0) is 13.7. The average Bonchev–Trinajstić information content (AvgIpc) is 2.89. The summed E-state index contributed by atoms with van der Waals surface area (Å²) in [6, 6.07) is 1.75. The molecule has 0 radical (unpaired) electrons. The Hall–Kier alpha value is -2.05. The summed E-state index contributed by atoms with van der Waals surface area (Å²) < 4.78 is 0. The van der Waals surface area contributed by atoms with Gasteiger partial charge in [0.25, 0.3) is 0 Å². The Balaban J connectivity index is 1.92. The zero-order valence-corrected chi connectivity index (χ0v) is 11.1. The highest BCUT2D eigenvalue weighted by Gasteiger charge is 2.17. The van der Waals surface area contributed by atoms with E-state index in [4.69, 9.17) is 5.73 Å². The van der Waals surface area contributed by atoms with E-state index in [0.717, 1.165) is 32.5 Å². The number of nitrogen functional groups attached to an aromatic ring is 1. The average molecular weight is 264 g/mol. The summed E-state index contributed by atoms with van der Waals surface area (Å²) in [5.41, 5.74) is 5.62. The second-order valence-electron chi connectivity index (χ2n) is 4.47. The molecule has 104 valence electrons. The summed E-state index contributed by atoms with van der Waals surface area (Å²) in [5.74, 6) is 1.51. The SMILES string of the molecule is CCNc1cc(NCC(=O)N2CCCC2)nc(N)n1. The fourth-order valence-electron chi connectivity index (χ4n) is 2.07. The number of nitrogens with two attached hydrogens (primary N) is 1. The van der Waals surface area contributed by atoms with Crippen molar-refractivity contribution in [1.29, 1.82) is 0 Å². The van der Waals surface area contributed by atoms with Crippen LogP contribution in [0.5, 0.6) is 0 Å². The third kappa shape index (κ3) is 3.70. The highest BCUT2D eigenvalue weighted by Crippen LogP contribution is 2.13. The maximum Gasteiger partial charge on any atom is 0.241 e. The van der Waals surface area contributed by atoms with E-state index in [1.807, 2.05) is 11.8 Å². The van der Waals surface area contributed by atoms with Gasteiger partial charge >= 0.3 is 0 Å².